The minimum atomic E-state index is 0.511. The predicted molar refractivity (Wildman–Crippen MR) is 92.5 cm³/mol. The number of nitrogens with one attached hydrogen (secondary N) is 1. The first-order valence-electron chi connectivity index (χ1n) is 7.31. The van der Waals surface area contributed by atoms with Crippen molar-refractivity contribution in [2.75, 3.05) is 19.0 Å². The van der Waals surface area contributed by atoms with Gasteiger partial charge in [-0.25, -0.2) is 9.97 Å². The molecule has 0 aliphatic rings. The number of aryl methyl sites for hydroxylation is 1. The zero-order valence-corrected chi connectivity index (χ0v) is 15.1. The van der Waals surface area contributed by atoms with Gasteiger partial charge in [-0.05, 0) is 26.3 Å². The van der Waals surface area contributed by atoms with Crippen LogP contribution in [-0.4, -0.2) is 24.1 Å². The Balaban J connectivity index is 2.20. The standard InChI is InChI=1S/C15H24N4S2/c1-6-10(2)14-12(7-16-4)21-15(18-14)19(5)8-13-11(3)17-9-20-13/h9-10,16H,6-8H2,1-5H3. The molecule has 2 heterocycles. The Morgan fingerprint density at radius 3 is 2.71 bits per heavy atom. The van der Waals surface area contributed by atoms with Crippen molar-refractivity contribution in [2.24, 2.45) is 0 Å². The lowest BCUT2D eigenvalue weighted by molar-refractivity contribution is 0.692. The molecule has 0 fully saturated rings. The van der Waals surface area contributed by atoms with E-state index in [1.54, 1.807) is 22.7 Å². The first-order chi connectivity index (χ1) is 10.1. The molecule has 2 aromatic rings. The minimum absolute atomic E-state index is 0.511. The third-order valence-electron chi connectivity index (χ3n) is 3.68. The van der Waals surface area contributed by atoms with Crippen molar-refractivity contribution in [3.8, 4) is 0 Å². The van der Waals surface area contributed by atoms with Crippen LogP contribution in [0.1, 0.15) is 47.3 Å². The van der Waals surface area contributed by atoms with Gasteiger partial charge in [-0.15, -0.1) is 22.7 Å². The Morgan fingerprint density at radius 1 is 1.38 bits per heavy atom. The summed E-state index contributed by atoms with van der Waals surface area (Å²) in [5.74, 6) is 0.511. The second-order valence-corrected chi connectivity index (χ2v) is 7.36. The average molecular weight is 325 g/mol. The molecule has 4 nitrogen and oxygen atoms in total. The predicted octanol–water partition coefficient (Wildman–Crippen LogP) is 3.78. The topological polar surface area (TPSA) is 41.1 Å². The van der Waals surface area contributed by atoms with Gasteiger partial charge in [-0.3, -0.25) is 0 Å². The fraction of sp³-hybridized carbons (Fsp3) is 0.600. The van der Waals surface area contributed by atoms with E-state index in [9.17, 15) is 0 Å². The maximum Gasteiger partial charge on any atom is 0.185 e. The molecule has 0 radical (unpaired) electrons. The van der Waals surface area contributed by atoms with E-state index in [1.165, 1.54) is 15.4 Å². The Labute approximate surface area is 135 Å². The third-order valence-corrected chi connectivity index (χ3v) is 5.79. The van der Waals surface area contributed by atoms with Crippen LogP contribution in [0.25, 0.3) is 0 Å². The van der Waals surface area contributed by atoms with Gasteiger partial charge in [0.25, 0.3) is 0 Å². The van der Waals surface area contributed by atoms with E-state index in [1.807, 2.05) is 12.6 Å². The van der Waals surface area contributed by atoms with Crippen LogP contribution in [-0.2, 0) is 13.1 Å². The molecule has 0 amide bonds. The van der Waals surface area contributed by atoms with E-state index in [4.69, 9.17) is 4.98 Å². The van der Waals surface area contributed by atoms with Gasteiger partial charge in [0.2, 0.25) is 0 Å². The highest BCUT2D eigenvalue weighted by Gasteiger charge is 2.18. The maximum absolute atomic E-state index is 4.90. The number of nitrogens with zero attached hydrogens (tertiary/aromatic N) is 3. The lowest BCUT2D eigenvalue weighted by Gasteiger charge is -2.14. The number of thiazole rings is 2. The third kappa shape index (κ3) is 3.81. The van der Waals surface area contributed by atoms with E-state index >= 15 is 0 Å². The second-order valence-electron chi connectivity index (χ2n) is 5.36. The van der Waals surface area contributed by atoms with Crippen molar-refractivity contribution in [1.29, 1.82) is 0 Å². The summed E-state index contributed by atoms with van der Waals surface area (Å²) in [4.78, 5) is 14.1. The Morgan fingerprint density at radius 2 is 2.14 bits per heavy atom. The molecule has 0 spiro atoms. The zero-order chi connectivity index (χ0) is 15.4. The SMILES string of the molecule is CCC(C)c1nc(N(C)Cc2scnc2C)sc1CNC. The number of rotatable bonds is 7. The van der Waals surface area contributed by atoms with Crippen LogP contribution >= 0.6 is 22.7 Å². The van der Waals surface area contributed by atoms with Crippen LogP contribution in [0.15, 0.2) is 5.51 Å². The largest absolute Gasteiger partial charge is 0.346 e. The van der Waals surface area contributed by atoms with E-state index in [0.717, 1.165) is 30.3 Å². The molecule has 2 aromatic heterocycles. The van der Waals surface area contributed by atoms with Crippen molar-refractivity contribution >= 4 is 27.8 Å². The zero-order valence-electron chi connectivity index (χ0n) is 13.4. The lowest BCUT2D eigenvalue weighted by atomic mass is 10.0. The van der Waals surface area contributed by atoms with Gasteiger partial charge in [0.05, 0.1) is 23.4 Å². The lowest BCUT2D eigenvalue weighted by Crippen LogP contribution is -2.16. The molecule has 1 atom stereocenters. The van der Waals surface area contributed by atoms with Crippen molar-refractivity contribution in [3.05, 3.63) is 26.7 Å². The molecule has 1 N–H and O–H groups in total. The number of aromatic nitrogens is 2. The molecule has 1 unspecified atom stereocenters. The van der Waals surface area contributed by atoms with E-state index in [-0.39, 0.29) is 0 Å². The van der Waals surface area contributed by atoms with Crippen molar-refractivity contribution in [3.63, 3.8) is 0 Å². The maximum atomic E-state index is 4.90. The van der Waals surface area contributed by atoms with Gasteiger partial charge in [-0.1, -0.05) is 13.8 Å². The summed E-state index contributed by atoms with van der Waals surface area (Å²) in [6.45, 7) is 8.31. The van der Waals surface area contributed by atoms with Crippen LogP contribution in [0.2, 0.25) is 0 Å². The summed E-state index contributed by atoms with van der Waals surface area (Å²) in [6.07, 6.45) is 1.12. The molecule has 0 aliphatic heterocycles. The van der Waals surface area contributed by atoms with Gasteiger partial charge < -0.3 is 10.2 Å². The fourth-order valence-electron chi connectivity index (χ4n) is 2.14. The van der Waals surface area contributed by atoms with Crippen molar-refractivity contribution < 1.29 is 0 Å². The van der Waals surface area contributed by atoms with Crippen LogP contribution in [0.5, 0.6) is 0 Å². The van der Waals surface area contributed by atoms with E-state index in [0.29, 0.717) is 5.92 Å². The Bertz CT molecular complexity index is 576. The van der Waals surface area contributed by atoms with Gasteiger partial charge in [-0.2, -0.15) is 0 Å². The summed E-state index contributed by atoms with van der Waals surface area (Å²) in [6, 6.07) is 0. The molecule has 0 saturated carbocycles. The summed E-state index contributed by atoms with van der Waals surface area (Å²) in [5, 5.41) is 4.35. The Kier molecular flexibility index (Phi) is 5.72. The fourth-order valence-corrected chi connectivity index (χ4v) is 4.12. The molecule has 2 rings (SSSR count). The molecule has 21 heavy (non-hydrogen) atoms. The van der Waals surface area contributed by atoms with Gasteiger partial charge in [0.15, 0.2) is 5.13 Å². The van der Waals surface area contributed by atoms with Crippen LogP contribution in [0.4, 0.5) is 5.13 Å². The number of anilines is 1. The number of hydrogen-bond donors (Lipinski definition) is 1. The molecular formula is C15H24N4S2. The summed E-state index contributed by atoms with van der Waals surface area (Å²) in [5.41, 5.74) is 4.29. The quantitative estimate of drug-likeness (QED) is 0.841. The minimum Gasteiger partial charge on any atom is -0.346 e. The van der Waals surface area contributed by atoms with E-state index < -0.39 is 0 Å². The van der Waals surface area contributed by atoms with Gasteiger partial charge >= 0.3 is 0 Å². The second kappa shape index (κ2) is 7.33. The van der Waals surface area contributed by atoms with Crippen LogP contribution < -0.4 is 10.2 Å². The van der Waals surface area contributed by atoms with Crippen LogP contribution in [0.3, 0.4) is 0 Å². The number of hydrogen-bond acceptors (Lipinski definition) is 6. The molecule has 0 aromatic carbocycles. The average Bonchev–Trinajstić information content (AvgIpc) is 3.06. The highest BCUT2D eigenvalue weighted by atomic mass is 32.1. The van der Waals surface area contributed by atoms with Crippen molar-refractivity contribution in [1.82, 2.24) is 15.3 Å². The van der Waals surface area contributed by atoms with Gasteiger partial charge in [0, 0.05) is 23.3 Å². The van der Waals surface area contributed by atoms with Crippen LogP contribution in [0, 0.1) is 6.92 Å². The summed E-state index contributed by atoms with van der Waals surface area (Å²) >= 11 is 3.52. The smallest absolute Gasteiger partial charge is 0.185 e. The molecule has 116 valence electrons. The highest BCUT2D eigenvalue weighted by Crippen LogP contribution is 2.32. The van der Waals surface area contributed by atoms with Gasteiger partial charge in [0.1, 0.15) is 0 Å². The molecular weight excluding hydrogens is 300 g/mol. The van der Waals surface area contributed by atoms with Crippen molar-refractivity contribution in [2.45, 2.75) is 46.2 Å². The summed E-state index contributed by atoms with van der Waals surface area (Å²) in [7, 11) is 4.10. The molecule has 0 saturated heterocycles. The molecule has 6 heteroatoms. The first-order valence-corrected chi connectivity index (χ1v) is 9.00. The monoisotopic (exact) mass is 324 g/mol. The van der Waals surface area contributed by atoms with E-state index in [2.05, 4.69) is 43.0 Å². The normalized spacial score (nSPS) is 12.6. The first kappa shape index (κ1) is 16.4. The summed E-state index contributed by atoms with van der Waals surface area (Å²) < 4.78 is 0. The Hall–Kier alpha value is -0.980. The molecule has 0 bridgehead atoms. The highest BCUT2D eigenvalue weighted by molar-refractivity contribution is 7.15. The molecule has 0 aliphatic carbocycles.